The Kier molecular flexibility index (Phi) is 6.72. The van der Waals surface area contributed by atoms with Crippen LogP contribution >= 0.6 is 0 Å². The molecular formula is C21H34N6O2. The van der Waals surface area contributed by atoms with Gasteiger partial charge in [0.25, 0.3) is 0 Å². The third kappa shape index (κ3) is 5.04. The van der Waals surface area contributed by atoms with E-state index >= 15 is 0 Å². The predicted octanol–water partition coefficient (Wildman–Crippen LogP) is 1.14. The van der Waals surface area contributed by atoms with E-state index < -0.39 is 0 Å². The molecule has 8 nitrogen and oxygen atoms in total. The summed E-state index contributed by atoms with van der Waals surface area (Å²) in [5, 5.41) is 0. The zero-order valence-corrected chi connectivity index (χ0v) is 18.1. The fourth-order valence-corrected chi connectivity index (χ4v) is 4.14. The number of anilines is 1. The number of aromatic nitrogens is 2. The Hall–Kier alpha value is -2.22. The lowest BCUT2D eigenvalue weighted by Crippen LogP contribution is -2.55. The summed E-state index contributed by atoms with van der Waals surface area (Å²) in [7, 11) is 0. The van der Waals surface area contributed by atoms with Crippen molar-refractivity contribution in [2.24, 2.45) is 11.7 Å². The maximum atomic E-state index is 12.9. The Labute approximate surface area is 173 Å². The van der Waals surface area contributed by atoms with Crippen molar-refractivity contribution in [2.75, 3.05) is 44.2 Å². The first-order chi connectivity index (χ1) is 13.8. The third-order valence-electron chi connectivity index (χ3n) is 6.13. The van der Waals surface area contributed by atoms with Gasteiger partial charge in [-0.1, -0.05) is 13.8 Å². The van der Waals surface area contributed by atoms with Gasteiger partial charge in [-0.3, -0.25) is 14.5 Å². The number of likely N-dealkylation sites (tertiary alicyclic amines) is 1. The average Bonchev–Trinajstić information content (AvgIpc) is 2.72. The molecule has 2 aliphatic rings. The Bertz CT molecular complexity index is 737. The summed E-state index contributed by atoms with van der Waals surface area (Å²) in [4.78, 5) is 40.0. The van der Waals surface area contributed by atoms with E-state index in [1.54, 1.807) is 0 Å². The van der Waals surface area contributed by atoms with Crippen LogP contribution in [0, 0.1) is 12.8 Å². The van der Waals surface area contributed by atoms with Crippen LogP contribution in [0.3, 0.4) is 0 Å². The molecule has 3 heterocycles. The van der Waals surface area contributed by atoms with Crippen molar-refractivity contribution >= 4 is 17.6 Å². The van der Waals surface area contributed by atoms with Crippen LogP contribution in [0.1, 0.15) is 51.0 Å². The molecule has 3 rings (SSSR count). The average molecular weight is 403 g/mol. The van der Waals surface area contributed by atoms with Crippen LogP contribution in [0.4, 0.5) is 5.82 Å². The molecule has 1 unspecified atom stereocenters. The van der Waals surface area contributed by atoms with Crippen molar-refractivity contribution in [3.8, 4) is 0 Å². The zero-order valence-electron chi connectivity index (χ0n) is 18.1. The molecule has 2 fully saturated rings. The maximum absolute atomic E-state index is 12.9. The van der Waals surface area contributed by atoms with Gasteiger partial charge in [-0.15, -0.1) is 0 Å². The molecule has 1 aromatic heterocycles. The Morgan fingerprint density at radius 3 is 2.21 bits per heavy atom. The minimum Gasteiger partial charge on any atom is -0.369 e. The molecule has 0 aliphatic carbocycles. The smallest absolute Gasteiger partial charge is 0.239 e. The summed E-state index contributed by atoms with van der Waals surface area (Å²) in [5.74, 6) is 1.97. The molecule has 2 N–H and O–H groups in total. The fourth-order valence-electron chi connectivity index (χ4n) is 4.14. The zero-order chi connectivity index (χ0) is 21.1. The molecule has 0 radical (unpaired) electrons. The van der Waals surface area contributed by atoms with E-state index in [1.165, 1.54) is 0 Å². The maximum Gasteiger partial charge on any atom is 0.239 e. The van der Waals surface area contributed by atoms with Gasteiger partial charge in [-0.25, -0.2) is 9.97 Å². The second-order valence-corrected chi connectivity index (χ2v) is 8.58. The number of primary amides is 1. The van der Waals surface area contributed by atoms with Gasteiger partial charge in [-0.05, 0) is 26.7 Å². The molecule has 0 spiro atoms. The number of hydrogen-bond donors (Lipinski definition) is 1. The SMILES string of the molecule is Cc1cc(N2CCN(C(C)C(=O)N3CCC(C(N)=O)CC3)CC2)nc(C(C)C)n1. The van der Waals surface area contributed by atoms with Gasteiger partial charge in [0.1, 0.15) is 11.6 Å². The van der Waals surface area contributed by atoms with E-state index in [9.17, 15) is 9.59 Å². The van der Waals surface area contributed by atoms with Crippen molar-refractivity contribution in [3.05, 3.63) is 17.6 Å². The van der Waals surface area contributed by atoms with Crippen molar-refractivity contribution < 1.29 is 9.59 Å². The molecule has 2 amide bonds. The highest BCUT2D eigenvalue weighted by atomic mass is 16.2. The lowest BCUT2D eigenvalue weighted by Gasteiger charge is -2.40. The Balaban J connectivity index is 1.55. The van der Waals surface area contributed by atoms with Crippen LogP contribution < -0.4 is 10.6 Å². The third-order valence-corrected chi connectivity index (χ3v) is 6.13. The molecule has 2 saturated heterocycles. The minimum atomic E-state index is -0.248. The van der Waals surface area contributed by atoms with Gasteiger partial charge in [0.15, 0.2) is 0 Å². The van der Waals surface area contributed by atoms with Gasteiger partial charge in [0.05, 0.1) is 6.04 Å². The largest absolute Gasteiger partial charge is 0.369 e. The van der Waals surface area contributed by atoms with Crippen molar-refractivity contribution in [1.82, 2.24) is 19.8 Å². The van der Waals surface area contributed by atoms with Gasteiger partial charge < -0.3 is 15.5 Å². The van der Waals surface area contributed by atoms with E-state index in [2.05, 4.69) is 28.6 Å². The van der Waals surface area contributed by atoms with Gasteiger partial charge in [0.2, 0.25) is 11.8 Å². The fraction of sp³-hybridized carbons (Fsp3) is 0.714. The van der Waals surface area contributed by atoms with Crippen LogP contribution in [0.2, 0.25) is 0 Å². The number of carbonyl (C=O) groups excluding carboxylic acids is 2. The highest BCUT2D eigenvalue weighted by molar-refractivity contribution is 5.82. The van der Waals surface area contributed by atoms with Crippen molar-refractivity contribution in [1.29, 1.82) is 0 Å². The normalized spacial score (nSPS) is 20.2. The first kappa shape index (κ1) is 21.5. The molecule has 8 heteroatoms. The summed E-state index contributed by atoms with van der Waals surface area (Å²) in [6.07, 6.45) is 1.35. The summed E-state index contributed by atoms with van der Waals surface area (Å²) in [5.41, 5.74) is 6.39. The predicted molar refractivity (Wildman–Crippen MR) is 113 cm³/mol. The van der Waals surface area contributed by atoms with Gasteiger partial charge >= 0.3 is 0 Å². The van der Waals surface area contributed by atoms with Crippen LogP contribution in [0.25, 0.3) is 0 Å². The minimum absolute atomic E-state index is 0.0926. The number of aryl methyl sites for hydroxylation is 1. The number of carbonyl (C=O) groups is 2. The van der Waals surface area contributed by atoms with E-state index in [0.717, 1.165) is 43.5 Å². The van der Waals surface area contributed by atoms with Gasteiger partial charge in [-0.2, -0.15) is 0 Å². The molecule has 2 aliphatic heterocycles. The molecule has 1 atom stereocenters. The molecule has 0 bridgehead atoms. The summed E-state index contributed by atoms with van der Waals surface area (Å²) in [6, 6.07) is 1.89. The second kappa shape index (κ2) is 9.07. The quantitative estimate of drug-likeness (QED) is 0.794. The second-order valence-electron chi connectivity index (χ2n) is 8.58. The summed E-state index contributed by atoms with van der Waals surface area (Å²) in [6.45, 7) is 12.8. The van der Waals surface area contributed by atoms with Crippen molar-refractivity contribution in [2.45, 2.75) is 52.5 Å². The highest BCUT2D eigenvalue weighted by Crippen LogP contribution is 2.21. The molecule has 160 valence electrons. The first-order valence-corrected chi connectivity index (χ1v) is 10.7. The number of nitrogens with zero attached hydrogens (tertiary/aromatic N) is 5. The highest BCUT2D eigenvalue weighted by Gasteiger charge is 2.32. The number of rotatable bonds is 5. The van der Waals surface area contributed by atoms with Gasteiger partial charge in [0, 0.05) is 62.9 Å². The Morgan fingerprint density at radius 2 is 1.66 bits per heavy atom. The van der Waals surface area contributed by atoms with E-state index in [1.807, 2.05) is 24.8 Å². The number of piperidine rings is 1. The first-order valence-electron chi connectivity index (χ1n) is 10.7. The van der Waals surface area contributed by atoms with Crippen LogP contribution in [0.15, 0.2) is 6.07 Å². The summed E-state index contributed by atoms with van der Waals surface area (Å²) < 4.78 is 0. The lowest BCUT2D eigenvalue weighted by molar-refractivity contribution is -0.139. The standard InChI is InChI=1S/C21H34N6O2/c1-14(2)20-23-15(3)13-18(24-20)26-11-9-25(10-12-26)16(4)21(29)27-7-5-17(6-8-27)19(22)28/h13-14,16-17H,5-12H2,1-4H3,(H2,22,28). The van der Waals surface area contributed by atoms with Crippen LogP contribution in [-0.2, 0) is 9.59 Å². The molecule has 29 heavy (non-hydrogen) atoms. The van der Waals surface area contributed by atoms with Crippen LogP contribution in [0.5, 0.6) is 0 Å². The topological polar surface area (TPSA) is 95.7 Å². The Morgan fingerprint density at radius 1 is 1.03 bits per heavy atom. The molecule has 0 aromatic carbocycles. The molecular weight excluding hydrogens is 368 g/mol. The van der Waals surface area contributed by atoms with E-state index in [4.69, 9.17) is 10.7 Å². The number of piperazine rings is 1. The number of nitrogens with two attached hydrogens (primary N) is 1. The summed E-state index contributed by atoms with van der Waals surface area (Å²) >= 11 is 0. The van der Waals surface area contributed by atoms with Crippen molar-refractivity contribution in [3.63, 3.8) is 0 Å². The number of amides is 2. The van der Waals surface area contributed by atoms with E-state index in [-0.39, 0.29) is 23.8 Å². The monoisotopic (exact) mass is 402 g/mol. The molecule has 1 aromatic rings. The lowest BCUT2D eigenvalue weighted by atomic mass is 9.96. The van der Waals surface area contributed by atoms with Crippen LogP contribution in [-0.4, -0.2) is 76.9 Å². The molecule has 0 saturated carbocycles. The number of hydrogen-bond acceptors (Lipinski definition) is 6. The van der Waals surface area contributed by atoms with E-state index in [0.29, 0.717) is 31.8 Å².